The minimum absolute atomic E-state index is 0.0217. The van der Waals surface area contributed by atoms with Crippen LogP contribution in [0.15, 0.2) is 36.7 Å². The van der Waals surface area contributed by atoms with Gasteiger partial charge in [0.25, 0.3) is 5.91 Å². The molecule has 5 nitrogen and oxygen atoms in total. The first kappa shape index (κ1) is 14.1. The van der Waals surface area contributed by atoms with E-state index in [1.165, 1.54) is 24.5 Å². The van der Waals surface area contributed by atoms with Gasteiger partial charge in [-0.15, -0.1) is 0 Å². The van der Waals surface area contributed by atoms with Crippen molar-refractivity contribution in [2.45, 2.75) is 6.18 Å². The molecule has 0 saturated carbocycles. The van der Waals surface area contributed by atoms with E-state index in [4.69, 9.17) is 5.73 Å². The molecule has 22 heavy (non-hydrogen) atoms. The summed E-state index contributed by atoms with van der Waals surface area (Å²) in [6.07, 6.45) is -1.75. The number of carbonyl (C=O) groups excluding carboxylic acids is 1. The number of nitrogens with one attached hydrogen (secondary N) is 1. The Kier molecular flexibility index (Phi) is 3.09. The Morgan fingerprint density at radius 2 is 2.00 bits per heavy atom. The fourth-order valence-corrected chi connectivity index (χ4v) is 2.19. The number of benzene rings is 1. The van der Waals surface area contributed by atoms with Gasteiger partial charge in [-0.25, -0.2) is 0 Å². The SMILES string of the molecule is NC(=O)c1cc(-c2cc(C(F)(F)F)cc3[nH]ncc23)ccn1. The molecule has 0 aliphatic heterocycles. The zero-order valence-corrected chi connectivity index (χ0v) is 11.0. The molecular weight excluding hydrogens is 297 g/mol. The van der Waals surface area contributed by atoms with E-state index in [0.29, 0.717) is 16.5 Å². The molecule has 1 aromatic carbocycles. The number of amides is 1. The normalized spacial score (nSPS) is 11.8. The van der Waals surface area contributed by atoms with Crippen molar-refractivity contribution in [3.63, 3.8) is 0 Å². The maximum absolute atomic E-state index is 13.0. The third-order valence-electron chi connectivity index (χ3n) is 3.21. The number of hydrogen-bond donors (Lipinski definition) is 2. The Hall–Kier alpha value is -2.90. The predicted molar refractivity (Wildman–Crippen MR) is 72.8 cm³/mol. The molecule has 3 rings (SSSR count). The van der Waals surface area contributed by atoms with Crippen molar-refractivity contribution in [1.82, 2.24) is 15.2 Å². The van der Waals surface area contributed by atoms with Crippen LogP contribution in [-0.2, 0) is 6.18 Å². The molecule has 0 bridgehead atoms. The standard InChI is InChI=1S/C14H9F3N4O/c15-14(16,17)8-4-9(10-6-20-21-11(10)5-8)7-1-2-19-12(3-7)13(18)22/h1-6H,(H2,18,22)(H,20,21). The van der Waals surface area contributed by atoms with E-state index >= 15 is 0 Å². The van der Waals surface area contributed by atoms with Crippen molar-refractivity contribution < 1.29 is 18.0 Å². The first-order chi connectivity index (χ1) is 10.4. The number of alkyl halides is 3. The second kappa shape index (κ2) is 4.83. The molecule has 2 heterocycles. The third-order valence-corrected chi connectivity index (χ3v) is 3.21. The maximum Gasteiger partial charge on any atom is 0.416 e. The van der Waals surface area contributed by atoms with Crippen molar-refractivity contribution >= 4 is 16.8 Å². The summed E-state index contributed by atoms with van der Waals surface area (Å²) >= 11 is 0. The number of aromatic amines is 1. The average Bonchev–Trinajstić information content (AvgIpc) is 2.93. The quantitative estimate of drug-likeness (QED) is 0.763. The minimum atomic E-state index is -4.49. The summed E-state index contributed by atoms with van der Waals surface area (Å²) in [4.78, 5) is 15.0. The van der Waals surface area contributed by atoms with Gasteiger partial charge in [-0.05, 0) is 35.4 Å². The van der Waals surface area contributed by atoms with Crippen LogP contribution in [-0.4, -0.2) is 21.1 Å². The van der Waals surface area contributed by atoms with E-state index in [1.807, 2.05) is 0 Å². The van der Waals surface area contributed by atoms with E-state index in [-0.39, 0.29) is 11.2 Å². The van der Waals surface area contributed by atoms with E-state index < -0.39 is 17.6 Å². The summed E-state index contributed by atoms with van der Waals surface area (Å²) in [6.45, 7) is 0. The Morgan fingerprint density at radius 1 is 1.23 bits per heavy atom. The second-order valence-electron chi connectivity index (χ2n) is 4.65. The van der Waals surface area contributed by atoms with E-state index in [2.05, 4.69) is 15.2 Å². The number of aromatic nitrogens is 3. The van der Waals surface area contributed by atoms with Crippen molar-refractivity contribution in [3.05, 3.63) is 47.9 Å². The molecule has 0 atom stereocenters. The molecular formula is C14H9F3N4O. The molecule has 8 heteroatoms. The summed E-state index contributed by atoms with van der Waals surface area (Å²) in [5.41, 5.74) is 5.27. The summed E-state index contributed by atoms with van der Waals surface area (Å²) in [7, 11) is 0. The topological polar surface area (TPSA) is 84.7 Å². The molecule has 2 aromatic heterocycles. The van der Waals surface area contributed by atoms with Gasteiger partial charge >= 0.3 is 6.18 Å². The Balaban J connectivity index is 2.27. The monoisotopic (exact) mass is 306 g/mol. The number of nitrogens with two attached hydrogens (primary N) is 1. The summed E-state index contributed by atoms with van der Waals surface area (Å²) in [6, 6.07) is 4.86. The lowest BCUT2D eigenvalue weighted by atomic mass is 9.99. The van der Waals surface area contributed by atoms with Crippen LogP contribution in [0.3, 0.4) is 0 Å². The fourth-order valence-electron chi connectivity index (χ4n) is 2.19. The minimum Gasteiger partial charge on any atom is -0.364 e. The number of carbonyl (C=O) groups is 1. The number of H-pyrrole nitrogens is 1. The molecule has 3 aromatic rings. The van der Waals surface area contributed by atoms with Gasteiger partial charge in [-0.2, -0.15) is 18.3 Å². The van der Waals surface area contributed by atoms with E-state index in [9.17, 15) is 18.0 Å². The van der Waals surface area contributed by atoms with Crippen LogP contribution in [0.2, 0.25) is 0 Å². The number of halogens is 3. The molecule has 0 radical (unpaired) electrons. The Bertz CT molecular complexity index is 870. The number of fused-ring (bicyclic) bond motifs is 1. The van der Waals surface area contributed by atoms with Gasteiger partial charge < -0.3 is 5.73 Å². The lowest BCUT2D eigenvalue weighted by Crippen LogP contribution is -2.12. The van der Waals surface area contributed by atoms with Crippen LogP contribution in [0.4, 0.5) is 13.2 Å². The molecule has 0 aliphatic rings. The number of primary amides is 1. The van der Waals surface area contributed by atoms with Crippen molar-refractivity contribution in [3.8, 4) is 11.1 Å². The molecule has 3 N–H and O–H groups in total. The second-order valence-corrected chi connectivity index (χ2v) is 4.65. The highest BCUT2D eigenvalue weighted by Gasteiger charge is 2.31. The van der Waals surface area contributed by atoms with Gasteiger partial charge in [-0.3, -0.25) is 14.9 Å². The third kappa shape index (κ3) is 2.39. The van der Waals surface area contributed by atoms with Gasteiger partial charge in [0.15, 0.2) is 0 Å². The summed E-state index contributed by atoms with van der Waals surface area (Å²) in [5.74, 6) is -0.753. The summed E-state index contributed by atoms with van der Waals surface area (Å²) < 4.78 is 39.0. The molecule has 0 spiro atoms. The number of nitrogens with zero attached hydrogens (tertiary/aromatic N) is 2. The molecule has 1 amide bonds. The molecule has 0 unspecified atom stereocenters. The largest absolute Gasteiger partial charge is 0.416 e. The van der Waals surface area contributed by atoms with Crippen LogP contribution in [0, 0.1) is 0 Å². The lowest BCUT2D eigenvalue weighted by molar-refractivity contribution is -0.137. The van der Waals surface area contributed by atoms with Gasteiger partial charge in [0.05, 0.1) is 17.3 Å². The van der Waals surface area contributed by atoms with E-state index in [1.54, 1.807) is 0 Å². The first-order valence-corrected chi connectivity index (χ1v) is 6.17. The molecule has 112 valence electrons. The highest BCUT2D eigenvalue weighted by atomic mass is 19.4. The number of hydrogen-bond acceptors (Lipinski definition) is 3. The molecule has 0 saturated heterocycles. The zero-order chi connectivity index (χ0) is 15.9. The van der Waals surface area contributed by atoms with Crippen LogP contribution >= 0.6 is 0 Å². The summed E-state index contributed by atoms with van der Waals surface area (Å²) in [5, 5.41) is 6.80. The smallest absolute Gasteiger partial charge is 0.364 e. The first-order valence-electron chi connectivity index (χ1n) is 6.17. The zero-order valence-electron chi connectivity index (χ0n) is 11.0. The van der Waals surface area contributed by atoms with Gasteiger partial charge in [0, 0.05) is 11.6 Å². The fraction of sp³-hybridized carbons (Fsp3) is 0.0714. The van der Waals surface area contributed by atoms with Crippen LogP contribution in [0.25, 0.3) is 22.0 Å². The molecule has 0 aliphatic carbocycles. The van der Waals surface area contributed by atoms with Gasteiger partial charge in [0.1, 0.15) is 5.69 Å². The highest BCUT2D eigenvalue weighted by molar-refractivity contribution is 5.97. The van der Waals surface area contributed by atoms with Crippen LogP contribution in [0.1, 0.15) is 16.1 Å². The van der Waals surface area contributed by atoms with Gasteiger partial charge in [-0.1, -0.05) is 0 Å². The van der Waals surface area contributed by atoms with E-state index in [0.717, 1.165) is 12.1 Å². The van der Waals surface area contributed by atoms with Gasteiger partial charge in [0.2, 0.25) is 0 Å². The van der Waals surface area contributed by atoms with Crippen molar-refractivity contribution in [2.75, 3.05) is 0 Å². The van der Waals surface area contributed by atoms with Crippen LogP contribution < -0.4 is 5.73 Å². The highest BCUT2D eigenvalue weighted by Crippen LogP contribution is 2.36. The predicted octanol–water partition coefficient (Wildman–Crippen LogP) is 2.74. The Labute approximate surface area is 122 Å². The van der Waals surface area contributed by atoms with Crippen LogP contribution in [0.5, 0.6) is 0 Å². The molecule has 0 fully saturated rings. The lowest BCUT2D eigenvalue weighted by Gasteiger charge is -2.11. The number of rotatable bonds is 2. The average molecular weight is 306 g/mol. The Morgan fingerprint density at radius 3 is 2.68 bits per heavy atom. The van der Waals surface area contributed by atoms with Crippen molar-refractivity contribution in [1.29, 1.82) is 0 Å². The number of pyridine rings is 1. The van der Waals surface area contributed by atoms with Crippen molar-refractivity contribution in [2.24, 2.45) is 5.73 Å². The maximum atomic E-state index is 13.0.